The van der Waals surface area contributed by atoms with Crippen LogP contribution in [0.4, 0.5) is 11.4 Å². The predicted octanol–water partition coefficient (Wildman–Crippen LogP) is 5.16. The molecule has 2 heterocycles. The largest absolute Gasteiger partial charge is 0.497 e. The molecular formula is C22H16ClN3O4S. The van der Waals surface area contributed by atoms with E-state index in [9.17, 15) is 14.7 Å². The number of carbonyl (C=O) groups is 2. The van der Waals surface area contributed by atoms with Crippen LogP contribution in [0.5, 0.6) is 5.75 Å². The molecule has 0 radical (unpaired) electrons. The summed E-state index contributed by atoms with van der Waals surface area (Å²) < 4.78 is 5.18. The lowest BCUT2D eigenvalue weighted by Gasteiger charge is -2.06. The summed E-state index contributed by atoms with van der Waals surface area (Å²) in [5.41, 5.74) is 8.37. The van der Waals surface area contributed by atoms with E-state index >= 15 is 0 Å². The zero-order valence-electron chi connectivity index (χ0n) is 16.2. The molecule has 0 saturated heterocycles. The first-order valence-electron chi connectivity index (χ1n) is 9.05. The Morgan fingerprint density at radius 1 is 1.13 bits per heavy atom. The lowest BCUT2D eigenvalue weighted by atomic mass is 10.1. The van der Waals surface area contributed by atoms with Gasteiger partial charge in [-0.25, -0.2) is 9.78 Å². The fourth-order valence-corrected chi connectivity index (χ4v) is 4.23. The lowest BCUT2D eigenvalue weighted by molar-refractivity contribution is 0.0696. The Kier molecular flexibility index (Phi) is 5.50. The molecule has 4 aromatic rings. The van der Waals surface area contributed by atoms with Crippen molar-refractivity contribution < 1.29 is 19.4 Å². The number of pyridine rings is 1. The van der Waals surface area contributed by atoms with Crippen molar-refractivity contribution in [1.29, 1.82) is 0 Å². The number of nitrogen functional groups attached to an aromatic ring is 1. The Labute approximate surface area is 186 Å². The Bertz CT molecular complexity index is 1320. The van der Waals surface area contributed by atoms with E-state index in [1.165, 1.54) is 29.5 Å². The molecule has 4 N–H and O–H groups in total. The van der Waals surface area contributed by atoms with Crippen molar-refractivity contribution in [2.24, 2.45) is 0 Å². The van der Waals surface area contributed by atoms with E-state index in [-0.39, 0.29) is 10.6 Å². The van der Waals surface area contributed by atoms with Crippen LogP contribution in [-0.2, 0) is 0 Å². The van der Waals surface area contributed by atoms with E-state index in [0.29, 0.717) is 26.5 Å². The number of benzene rings is 2. The van der Waals surface area contributed by atoms with Gasteiger partial charge in [-0.05, 0) is 54.6 Å². The van der Waals surface area contributed by atoms with Crippen molar-refractivity contribution in [1.82, 2.24) is 4.98 Å². The molecule has 0 fully saturated rings. The van der Waals surface area contributed by atoms with Gasteiger partial charge in [-0.1, -0.05) is 11.6 Å². The number of fused-ring (bicyclic) bond motifs is 1. The number of amides is 1. The number of methoxy groups -OCH3 is 1. The van der Waals surface area contributed by atoms with Crippen LogP contribution in [0.15, 0.2) is 54.6 Å². The van der Waals surface area contributed by atoms with E-state index in [1.807, 2.05) is 36.4 Å². The van der Waals surface area contributed by atoms with Crippen LogP contribution in [0.25, 0.3) is 21.5 Å². The molecule has 9 heteroatoms. The highest BCUT2D eigenvalue weighted by atomic mass is 35.5. The number of carboxylic acid groups (broad SMARTS) is 1. The topological polar surface area (TPSA) is 115 Å². The Morgan fingerprint density at radius 2 is 1.87 bits per heavy atom. The molecule has 0 aliphatic rings. The van der Waals surface area contributed by atoms with Crippen LogP contribution in [0.1, 0.15) is 20.0 Å². The monoisotopic (exact) mass is 453 g/mol. The molecule has 0 bridgehead atoms. The number of anilines is 2. The summed E-state index contributed by atoms with van der Waals surface area (Å²) >= 11 is 7.05. The quantitative estimate of drug-likeness (QED) is 0.384. The van der Waals surface area contributed by atoms with Gasteiger partial charge < -0.3 is 20.9 Å². The first kappa shape index (κ1) is 20.6. The van der Waals surface area contributed by atoms with Gasteiger partial charge in [0.05, 0.1) is 29.1 Å². The normalized spacial score (nSPS) is 10.8. The molecule has 0 aliphatic heterocycles. The number of nitrogens with one attached hydrogen (secondary N) is 1. The van der Waals surface area contributed by atoms with Crippen molar-refractivity contribution >= 4 is 56.4 Å². The standard InChI is InChI=1S/C22H16ClN3O4S/c1-30-13-5-2-11(3-6-13)17-9-7-14-18(24)19(31-21(14)26-17)20(27)25-12-4-8-16(23)15(10-12)22(28)29/h2-10H,24H2,1H3,(H,25,27)(H,28,29). The molecule has 7 nitrogen and oxygen atoms in total. The fraction of sp³-hybridized carbons (Fsp3) is 0.0455. The third-order valence-corrected chi connectivity index (χ3v) is 6.08. The van der Waals surface area contributed by atoms with Gasteiger partial charge in [0.1, 0.15) is 15.5 Å². The molecule has 0 saturated carbocycles. The van der Waals surface area contributed by atoms with Gasteiger partial charge in [0.15, 0.2) is 0 Å². The minimum absolute atomic E-state index is 0.0853. The van der Waals surface area contributed by atoms with Crippen LogP contribution < -0.4 is 15.8 Å². The first-order valence-corrected chi connectivity index (χ1v) is 10.2. The summed E-state index contributed by atoms with van der Waals surface area (Å²) in [4.78, 5) is 29.6. The van der Waals surface area contributed by atoms with Crippen LogP contribution in [-0.4, -0.2) is 29.1 Å². The van der Waals surface area contributed by atoms with Crippen LogP contribution >= 0.6 is 22.9 Å². The summed E-state index contributed by atoms with van der Waals surface area (Å²) in [7, 11) is 1.60. The molecule has 2 aromatic carbocycles. The molecule has 31 heavy (non-hydrogen) atoms. The number of rotatable bonds is 5. The second kappa shape index (κ2) is 8.25. The number of thiophene rings is 1. The number of carboxylic acids is 1. The minimum Gasteiger partial charge on any atom is -0.497 e. The lowest BCUT2D eigenvalue weighted by Crippen LogP contribution is -2.12. The zero-order chi connectivity index (χ0) is 22.1. The third kappa shape index (κ3) is 4.03. The first-order chi connectivity index (χ1) is 14.9. The Morgan fingerprint density at radius 3 is 2.55 bits per heavy atom. The summed E-state index contributed by atoms with van der Waals surface area (Å²) in [5.74, 6) is -0.889. The molecule has 0 aliphatic carbocycles. The van der Waals surface area contributed by atoms with Crippen LogP contribution in [0.3, 0.4) is 0 Å². The van der Waals surface area contributed by atoms with Crippen molar-refractivity contribution in [3.63, 3.8) is 0 Å². The van der Waals surface area contributed by atoms with Gasteiger partial charge in [0.2, 0.25) is 0 Å². The maximum absolute atomic E-state index is 12.8. The molecule has 0 atom stereocenters. The fourth-order valence-electron chi connectivity index (χ4n) is 3.04. The third-order valence-electron chi connectivity index (χ3n) is 4.64. The van der Waals surface area contributed by atoms with Gasteiger partial charge >= 0.3 is 5.97 Å². The van der Waals surface area contributed by atoms with Gasteiger partial charge in [-0.15, -0.1) is 11.3 Å². The summed E-state index contributed by atoms with van der Waals surface area (Å²) in [5, 5.41) is 12.6. The average Bonchev–Trinajstić information content (AvgIpc) is 3.11. The highest BCUT2D eigenvalue weighted by Gasteiger charge is 2.19. The number of hydrogen-bond donors (Lipinski definition) is 3. The molecule has 156 valence electrons. The number of carbonyl (C=O) groups excluding carboxylic acids is 1. The predicted molar refractivity (Wildman–Crippen MR) is 122 cm³/mol. The second-order valence-corrected chi connectivity index (χ2v) is 7.98. The van der Waals surface area contributed by atoms with Gasteiger partial charge in [-0.2, -0.15) is 0 Å². The minimum atomic E-state index is -1.18. The van der Waals surface area contributed by atoms with Crippen LogP contribution in [0.2, 0.25) is 5.02 Å². The maximum Gasteiger partial charge on any atom is 0.337 e. The number of halogens is 1. The molecule has 2 aromatic heterocycles. The number of hydrogen-bond acceptors (Lipinski definition) is 6. The van der Waals surface area contributed by atoms with Crippen molar-refractivity contribution in [2.45, 2.75) is 0 Å². The number of aromatic carboxylic acids is 1. The Balaban J connectivity index is 1.65. The Hall–Kier alpha value is -3.62. The molecule has 1 amide bonds. The van der Waals surface area contributed by atoms with Crippen molar-refractivity contribution in [3.05, 3.63) is 70.1 Å². The van der Waals surface area contributed by atoms with E-state index in [4.69, 9.17) is 22.1 Å². The molecule has 0 spiro atoms. The maximum atomic E-state index is 12.8. The van der Waals surface area contributed by atoms with Gasteiger partial charge in [0.25, 0.3) is 5.91 Å². The average molecular weight is 454 g/mol. The SMILES string of the molecule is COc1ccc(-c2ccc3c(N)c(C(=O)Nc4ccc(Cl)c(C(=O)O)c4)sc3n2)cc1. The smallest absolute Gasteiger partial charge is 0.337 e. The summed E-state index contributed by atoms with van der Waals surface area (Å²) in [6, 6.07) is 15.4. The molecule has 0 unspecified atom stereocenters. The van der Waals surface area contributed by atoms with Gasteiger partial charge in [-0.3, -0.25) is 4.79 Å². The number of ether oxygens (including phenoxy) is 1. The molecular weight excluding hydrogens is 438 g/mol. The van der Waals surface area contributed by atoms with Crippen molar-refractivity contribution in [3.8, 4) is 17.0 Å². The second-order valence-electron chi connectivity index (χ2n) is 6.58. The van der Waals surface area contributed by atoms with E-state index in [1.54, 1.807) is 7.11 Å². The summed E-state index contributed by atoms with van der Waals surface area (Å²) in [6.07, 6.45) is 0. The van der Waals surface area contributed by atoms with E-state index in [2.05, 4.69) is 10.3 Å². The number of aromatic nitrogens is 1. The van der Waals surface area contributed by atoms with E-state index in [0.717, 1.165) is 17.0 Å². The highest BCUT2D eigenvalue weighted by Crippen LogP contribution is 2.35. The number of nitrogens with two attached hydrogens (primary N) is 1. The van der Waals surface area contributed by atoms with Crippen LogP contribution in [0, 0.1) is 0 Å². The molecule has 4 rings (SSSR count). The highest BCUT2D eigenvalue weighted by molar-refractivity contribution is 7.21. The summed E-state index contributed by atoms with van der Waals surface area (Å²) in [6.45, 7) is 0. The zero-order valence-corrected chi connectivity index (χ0v) is 17.8. The van der Waals surface area contributed by atoms with Crippen molar-refractivity contribution in [2.75, 3.05) is 18.2 Å². The van der Waals surface area contributed by atoms with Gasteiger partial charge in [0, 0.05) is 16.6 Å². The number of nitrogens with zero attached hydrogens (tertiary/aromatic N) is 1. The van der Waals surface area contributed by atoms with E-state index < -0.39 is 11.9 Å².